The molecule has 0 saturated carbocycles. The smallest absolute Gasteiger partial charge is 0.226 e. The molecule has 2 rings (SSSR count). The van der Waals surface area contributed by atoms with E-state index in [1.165, 1.54) is 16.9 Å². The molecule has 0 radical (unpaired) electrons. The predicted octanol–water partition coefficient (Wildman–Crippen LogP) is 3.08. The lowest BCUT2D eigenvalue weighted by Crippen LogP contribution is -2.11. The lowest BCUT2D eigenvalue weighted by atomic mass is 10.2. The number of hydrogen-bond acceptors (Lipinski definition) is 4. The molecule has 1 N–H and O–H groups in total. The third-order valence-electron chi connectivity index (χ3n) is 2.09. The maximum absolute atomic E-state index is 11.6. The number of nitrogens with zero attached hydrogens (tertiary/aromatic N) is 1. The van der Waals surface area contributed by atoms with Crippen molar-refractivity contribution in [1.82, 2.24) is 4.98 Å². The highest BCUT2D eigenvalue weighted by Gasteiger charge is 2.05. The molecule has 2 aromatic heterocycles. The fourth-order valence-corrected chi connectivity index (χ4v) is 2.69. The van der Waals surface area contributed by atoms with Gasteiger partial charge >= 0.3 is 0 Å². The zero-order valence-electron chi connectivity index (χ0n) is 8.90. The minimum atomic E-state index is 0.0283. The maximum atomic E-state index is 11.6. The van der Waals surface area contributed by atoms with Gasteiger partial charge in [0.1, 0.15) is 0 Å². The zero-order valence-corrected chi connectivity index (χ0v) is 10.5. The second kappa shape index (κ2) is 5.23. The Morgan fingerprint density at radius 2 is 2.38 bits per heavy atom. The van der Waals surface area contributed by atoms with Crippen molar-refractivity contribution >= 4 is 33.7 Å². The van der Waals surface area contributed by atoms with Gasteiger partial charge in [-0.2, -0.15) is 11.3 Å². The van der Waals surface area contributed by atoms with Crippen molar-refractivity contribution in [2.45, 2.75) is 19.8 Å². The third-order valence-corrected chi connectivity index (χ3v) is 3.69. The van der Waals surface area contributed by atoms with Gasteiger partial charge in [-0.15, -0.1) is 11.3 Å². The van der Waals surface area contributed by atoms with Gasteiger partial charge in [0.25, 0.3) is 0 Å². The average molecular weight is 252 g/mol. The van der Waals surface area contributed by atoms with Crippen LogP contribution in [0.1, 0.15) is 17.7 Å². The van der Waals surface area contributed by atoms with Gasteiger partial charge in [-0.1, -0.05) is 0 Å². The van der Waals surface area contributed by atoms with Gasteiger partial charge in [-0.05, 0) is 35.7 Å². The molecule has 0 aliphatic carbocycles. The molecule has 0 aliphatic rings. The molecule has 0 atom stereocenters. The largest absolute Gasteiger partial charge is 0.302 e. The van der Waals surface area contributed by atoms with Crippen LogP contribution in [0.15, 0.2) is 22.2 Å². The number of aromatic nitrogens is 1. The van der Waals surface area contributed by atoms with E-state index < -0.39 is 0 Å². The summed E-state index contributed by atoms with van der Waals surface area (Å²) in [5.74, 6) is 0.0283. The Morgan fingerprint density at radius 1 is 1.50 bits per heavy atom. The van der Waals surface area contributed by atoms with Crippen molar-refractivity contribution in [3.8, 4) is 0 Å². The molecule has 16 heavy (non-hydrogen) atoms. The predicted molar refractivity (Wildman–Crippen MR) is 68.1 cm³/mol. The molecule has 5 heteroatoms. The number of thiophene rings is 1. The van der Waals surface area contributed by atoms with Crippen LogP contribution in [0.3, 0.4) is 0 Å². The summed E-state index contributed by atoms with van der Waals surface area (Å²) in [4.78, 5) is 15.8. The summed E-state index contributed by atoms with van der Waals surface area (Å²) in [5, 5.41) is 9.51. The third kappa shape index (κ3) is 3.15. The van der Waals surface area contributed by atoms with E-state index in [1.807, 2.05) is 23.8 Å². The van der Waals surface area contributed by atoms with E-state index in [0.29, 0.717) is 11.6 Å². The molecule has 0 saturated heterocycles. The van der Waals surface area contributed by atoms with Gasteiger partial charge in [0.2, 0.25) is 5.91 Å². The van der Waals surface area contributed by atoms with Gasteiger partial charge in [0.15, 0.2) is 5.13 Å². The Hall–Kier alpha value is -1.20. The normalized spacial score (nSPS) is 10.3. The molecule has 0 fully saturated rings. The lowest BCUT2D eigenvalue weighted by molar-refractivity contribution is -0.116. The quantitative estimate of drug-likeness (QED) is 0.908. The molecule has 0 bridgehead atoms. The molecule has 2 aromatic rings. The van der Waals surface area contributed by atoms with Crippen LogP contribution in [0.4, 0.5) is 5.13 Å². The fourth-order valence-electron chi connectivity index (χ4n) is 1.29. The highest BCUT2D eigenvalue weighted by atomic mass is 32.1. The molecule has 3 nitrogen and oxygen atoms in total. The van der Waals surface area contributed by atoms with E-state index in [1.54, 1.807) is 11.3 Å². The number of thiazole rings is 1. The van der Waals surface area contributed by atoms with Crippen LogP contribution in [0, 0.1) is 6.92 Å². The molecular weight excluding hydrogens is 240 g/mol. The Kier molecular flexibility index (Phi) is 3.69. The van der Waals surface area contributed by atoms with E-state index in [4.69, 9.17) is 0 Å². The summed E-state index contributed by atoms with van der Waals surface area (Å²) in [6.45, 7) is 1.91. The summed E-state index contributed by atoms with van der Waals surface area (Å²) >= 11 is 3.12. The Morgan fingerprint density at radius 3 is 3.00 bits per heavy atom. The Bertz CT molecular complexity index is 462. The second-order valence-corrected chi connectivity index (χ2v) is 5.11. The number of rotatable bonds is 4. The lowest BCUT2D eigenvalue weighted by Gasteiger charge is -2.00. The van der Waals surface area contributed by atoms with Crippen LogP contribution >= 0.6 is 22.7 Å². The van der Waals surface area contributed by atoms with Gasteiger partial charge in [-0.3, -0.25) is 4.79 Å². The van der Waals surface area contributed by atoms with Gasteiger partial charge in [0.05, 0.1) is 5.69 Å². The number of nitrogens with one attached hydrogen (secondary N) is 1. The Labute approximate surface area is 102 Å². The maximum Gasteiger partial charge on any atom is 0.226 e. The standard InChI is InChI=1S/C11H12N2OS2/c1-8-6-16-11(12-8)13-10(14)3-2-9-4-5-15-7-9/h4-7H,2-3H2,1H3,(H,12,13,14). The van der Waals surface area contributed by atoms with Crippen LogP contribution in [-0.2, 0) is 11.2 Å². The number of carbonyl (C=O) groups excluding carboxylic acids is 1. The topological polar surface area (TPSA) is 42.0 Å². The molecule has 0 unspecified atom stereocenters. The first-order valence-corrected chi connectivity index (χ1v) is 6.79. The van der Waals surface area contributed by atoms with E-state index in [0.717, 1.165) is 12.1 Å². The molecular formula is C11H12N2OS2. The van der Waals surface area contributed by atoms with Crippen LogP contribution in [0.5, 0.6) is 0 Å². The minimum Gasteiger partial charge on any atom is -0.302 e. The highest BCUT2D eigenvalue weighted by molar-refractivity contribution is 7.13. The molecule has 1 amide bonds. The summed E-state index contributed by atoms with van der Waals surface area (Å²) in [7, 11) is 0. The van der Waals surface area contributed by atoms with Crippen molar-refractivity contribution in [2.24, 2.45) is 0 Å². The van der Waals surface area contributed by atoms with E-state index in [9.17, 15) is 4.79 Å². The summed E-state index contributed by atoms with van der Waals surface area (Å²) in [6.07, 6.45) is 1.30. The monoisotopic (exact) mass is 252 g/mol. The fraction of sp³-hybridized carbons (Fsp3) is 0.273. The highest BCUT2D eigenvalue weighted by Crippen LogP contribution is 2.15. The van der Waals surface area contributed by atoms with Crippen molar-refractivity contribution < 1.29 is 4.79 Å². The van der Waals surface area contributed by atoms with Crippen LogP contribution < -0.4 is 5.32 Å². The number of aryl methyl sites for hydroxylation is 2. The summed E-state index contributed by atoms with van der Waals surface area (Å²) < 4.78 is 0. The van der Waals surface area contributed by atoms with E-state index in [2.05, 4.69) is 15.7 Å². The molecule has 0 aromatic carbocycles. The first-order chi connectivity index (χ1) is 7.74. The van der Waals surface area contributed by atoms with Crippen molar-refractivity contribution in [3.63, 3.8) is 0 Å². The van der Waals surface area contributed by atoms with Crippen molar-refractivity contribution in [2.75, 3.05) is 5.32 Å². The minimum absolute atomic E-state index is 0.0283. The van der Waals surface area contributed by atoms with E-state index in [-0.39, 0.29) is 5.91 Å². The molecule has 2 heterocycles. The molecule has 0 spiro atoms. The summed E-state index contributed by atoms with van der Waals surface area (Å²) in [6, 6.07) is 2.05. The summed E-state index contributed by atoms with van der Waals surface area (Å²) in [5.41, 5.74) is 2.16. The zero-order chi connectivity index (χ0) is 11.4. The molecule has 0 aliphatic heterocycles. The first kappa shape index (κ1) is 11.3. The number of hydrogen-bond donors (Lipinski definition) is 1. The van der Waals surface area contributed by atoms with Gasteiger partial charge < -0.3 is 5.32 Å². The second-order valence-electron chi connectivity index (χ2n) is 3.47. The number of anilines is 1. The van der Waals surface area contributed by atoms with Crippen molar-refractivity contribution in [1.29, 1.82) is 0 Å². The van der Waals surface area contributed by atoms with Gasteiger partial charge in [0, 0.05) is 11.8 Å². The van der Waals surface area contributed by atoms with Crippen molar-refractivity contribution in [3.05, 3.63) is 33.5 Å². The van der Waals surface area contributed by atoms with Crippen LogP contribution in [0.2, 0.25) is 0 Å². The Balaban J connectivity index is 1.81. The van der Waals surface area contributed by atoms with Crippen LogP contribution in [-0.4, -0.2) is 10.9 Å². The SMILES string of the molecule is Cc1csc(NC(=O)CCc2ccsc2)n1. The average Bonchev–Trinajstić information content (AvgIpc) is 2.87. The number of amides is 1. The number of carbonyl (C=O) groups is 1. The first-order valence-electron chi connectivity index (χ1n) is 4.97. The van der Waals surface area contributed by atoms with Crippen LogP contribution in [0.25, 0.3) is 0 Å². The van der Waals surface area contributed by atoms with E-state index >= 15 is 0 Å². The molecule has 84 valence electrons. The van der Waals surface area contributed by atoms with Gasteiger partial charge in [-0.25, -0.2) is 4.98 Å².